The van der Waals surface area contributed by atoms with Crippen molar-refractivity contribution in [2.24, 2.45) is 10.8 Å². The first kappa shape index (κ1) is 23.6. The summed E-state index contributed by atoms with van der Waals surface area (Å²) in [6.07, 6.45) is 3.95. The van der Waals surface area contributed by atoms with Gasteiger partial charge in [0.15, 0.2) is 11.6 Å². The van der Waals surface area contributed by atoms with Crippen LogP contribution < -0.4 is 0 Å². The molecule has 172 valence electrons. The molecule has 0 aromatic rings. The summed E-state index contributed by atoms with van der Waals surface area (Å²) in [5.41, 5.74) is -0.0699. The summed E-state index contributed by atoms with van der Waals surface area (Å²) in [6.45, 7) is 10.5. The monoisotopic (exact) mass is 436 g/mol. The Morgan fingerprint density at radius 2 is 1.71 bits per heavy atom. The van der Waals surface area contributed by atoms with Crippen molar-refractivity contribution in [3.8, 4) is 0 Å². The van der Waals surface area contributed by atoms with Gasteiger partial charge >= 0.3 is 11.9 Å². The SMILES string of the molecule is CC(=O)C(C)=O.CC(=O)OC[C@]12CCC(C)=C[C@H]1O[C@@H]1C[C@@H](OC(C)=O)[C@@]2(C)C12CO2. The molecule has 2 aliphatic heterocycles. The van der Waals surface area contributed by atoms with E-state index in [0.717, 1.165) is 12.8 Å². The van der Waals surface area contributed by atoms with E-state index in [1.807, 2.05) is 0 Å². The molecular formula is C23H32O8. The Balaban J connectivity index is 0.000000401. The highest BCUT2D eigenvalue weighted by Gasteiger charge is 2.83. The molecule has 2 bridgehead atoms. The number of esters is 2. The van der Waals surface area contributed by atoms with Crippen molar-refractivity contribution in [2.75, 3.05) is 13.2 Å². The van der Waals surface area contributed by atoms with Crippen molar-refractivity contribution >= 4 is 23.5 Å². The first-order chi connectivity index (χ1) is 14.4. The van der Waals surface area contributed by atoms with Crippen LogP contribution >= 0.6 is 0 Å². The van der Waals surface area contributed by atoms with Gasteiger partial charge < -0.3 is 18.9 Å². The summed E-state index contributed by atoms with van der Waals surface area (Å²) < 4.78 is 23.7. The van der Waals surface area contributed by atoms with Crippen LogP contribution in [0.15, 0.2) is 11.6 Å². The summed E-state index contributed by atoms with van der Waals surface area (Å²) in [5.74, 6) is -1.36. The lowest BCUT2D eigenvalue weighted by Gasteiger charge is -2.58. The van der Waals surface area contributed by atoms with Gasteiger partial charge in [0.05, 0.1) is 24.2 Å². The normalized spacial score (nSPS) is 39.4. The molecule has 0 radical (unpaired) electrons. The van der Waals surface area contributed by atoms with Gasteiger partial charge in [0, 0.05) is 39.5 Å². The summed E-state index contributed by atoms with van der Waals surface area (Å²) >= 11 is 0. The molecule has 0 N–H and O–H groups in total. The highest BCUT2D eigenvalue weighted by Crippen LogP contribution is 2.72. The second-order valence-electron chi connectivity index (χ2n) is 9.32. The van der Waals surface area contributed by atoms with Crippen LogP contribution in [0, 0.1) is 10.8 Å². The average molecular weight is 437 g/mol. The van der Waals surface area contributed by atoms with Crippen molar-refractivity contribution in [1.29, 1.82) is 0 Å². The molecule has 6 atom stereocenters. The number of hydrogen-bond acceptors (Lipinski definition) is 8. The minimum Gasteiger partial charge on any atom is -0.465 e. The maximum Gasteiger partial charge on any atom is 0.302 e. The van der Waals surface area contributed by atoms with E-state index in [4.69, 9.17) is 18.9 Å². The van der Waals surface area contributed by atoms with Gasteiger partial charge in [0.25, 0.3) is 0 Å². The molecule has 2 heterocycles. The van der Waals surface area contributed by atoms with Crippen molar-refractivity contribution in [3.63, 3.8) is 0 Å². The topological polar surface area (TPSA) is 108 Å². The number of carbonyl (C=O) groups is 4. The maximum atomic E-state index is 11.7. The van der Waals surface area contributed by atoms with Crippen LogP contribution in [0.3, 0.4) is 0 Å². The minimum atomic E-state index is -0.457. The number of Topliss-reactive ketones (excluding diaryl/α,β-unsaturated/α-hetero) is 2. The van der Waals surface area contributed by atoms with Crippen molar-refractivity contribution in [1.82, 2.24) is 0 Å². The summed E-state index contributed by atoms with van der Waals surface area (Å²) in [6, 6.07) is 0. The van der Waals surface area contributed by atoms with Crippen LogP contribution in [0.4, 0.5) is 0 Å². The fraction of sp³-hybridized carbons (Fsp3) is 0.739. The standard InChI is InChI=1S/C19H26O6.C4H6O2/c1-11-5-6-18(9-22-12(2)20)15(7-11)25-16-8-14(24-13(3)21)17(18,4)19(16)10-23-19;1-3(5)4(2)6/h7,14-16H,5-6,8-10H2,1-4H3;1-2H3/t14-,15-,16-,17-,18-,19?;/m1./s1. The third-order valence-corrected chi connectivity index (χ3v) is 7.55. The number of carbonyl (C=O) groups excluding carboxylic acids is 4. The molecular weight excluding hydrogens is 404 g/mol. The molecule has 31 heavy (non-hydrogen) atoms. The quantitative estimate of drug-likeness (QED) is 0.286. The van der Waals surface area contributed by atoms with Crippen LogP contribution in [0.1, 0.15) is 60.8 Å². The van der Waals surface area contributed by atoms with Crippen LogP contribution in [0.25, 0.3) is 0 Å². The lowest BCUT2D eigenvalue weighted by Crippen LogP contribution is -2.66. The molecule has 3 fully saturated rings. The van der Waals surface area contributed by atoms with E-state index in [9.17, 15) is 19.2 Å². The van der Waals surface area contributed by atoms with Gasteiger partial charge in [0.1, 0.15) is 18.3 Å². The van der Waals surface area contributed by atoms with Gasteiger partial charge in [-0.25, -0.2) is 0 Å². The van der Waals surface area contributed by atoms with E-state index in [-0.39, 0.29) is 48.4 Å². The molecule has 1 saturated carbocycles. The number of ether oxygens (including phenoxy) is 4. The molecule has 8 nitrogen and oxygen atoms in total. The molecule has 2 aliphatic carbocycles. The minimum absolute atomic E-state index is 0.0977. The first-order valence-corrected chi connectivity index (χ1v) is 10.7. The number of hydrogen-bond donors (Lipinski definition) is 0. The Bertz CT molecular complexity index is 813. The van der Waals surface area contributed by atoms with E-state index in [2.05, 4.69) is 19.9 Å². The molecule has 4 aliphatic rings. The van der Waals surface area contributed by atoms with E-state index >= 15 is 0 Å². The van der Waals surface area contributed by atoms with Gasteiger partial charge in [-0.2, -0.15) is 0 Å². The average Bonchev–Trinajstić information content (AvgIpc) is 3.44. The Morgan fingerprint density at radius 1 is 1.10 bits per heavy atom. The summed E-state index contributed by atoms with van der Waals surface area (Å²) in [7, 11) is 0. The van der Waals surface area contributed by atoms with Crippen LogP contribution in [-0.2, 0) is 38.1 Å². The zero-order valence-electron chi connectivity index (χ0n) is 19.1. The van der Waals surface area contributed by atoms with E-state index in [1.54, 1.807) is 0 Å². The molecule has 0 aromatic heterocycles. The maximum absolute atomic E-state index is 11.7. The van der Waals surface area contributed by atoms with Crippen LogP contribution in [0.2, 0.25) is 0 Å². The van der Waals surface area contributed by atoms with Crippen LogP contribution in [-0.4, -0.2) is 60.6 Å². The zero-order chi connectivity index (χ0) is 23.2. The first-order valence-electron chi connectivity index (χ1n) is 10.7. The molecule has 1 spiro atoms. The number of fused-ring (bicyclic) bond motifs is 2. The molecule has 0 amide bonds. The molecule has 1 unspecified atom stereocenters. The third-order valence-electron chi connectivity index (χ3n) is 7.55. The molecule has 2 saturated heterocycles. The predicted octanol–water partition coefficient (Wildman–Crippen LogP) is 2.32. The van der Waals surface area contributed by atoms with Crippen molar-refractivity contribution in [3.05, 3.63) is 11.6 Å². The van der Waals surface area contributed by atoms with Gasteiger partial charge in [0.2, 0.25) is 0 Å². The lowest BCUT2D eigenvalue weighted by atomic mass is 9.51. The fourth-order valence-corrected chi connectivity index (χ4v) is 5.56. The second kappa shape index (κ2) is 8.13. The van der Waals surface area contributed by atoms with Gasteiger partial charge in [-0.15, -0.1) is 0 Å². The third kappa shape index (κ3) is 3.74. The lowest BCUT2D eigenvalue weighted by molar-refractivity contribution is -0.233. The highest BCUT2D eigenvalue weighted by atomic mass is 16.6. The van der Waals surface area contributed by atoms with Gasteiger partial charge in [-0.05, 0) is 19.8 Å². The van der Waals surface area contributed by atoms with Crippen molar-refractivity contribution in [2.45, 2.75) is 84.7 Å². The van der Waals surface area contributed by atoms with Gasteiger partial charge in [-0.1, -0.05) is 18.6 Å². The Morgan fingerprint density at radius 3 is 2.19 bits per heavy atom. The van der Waals surface area contributed by atoms with E-state index in [1.165, 1.54) is 33.3 Å². The smallest absolute Gasteiger partial charge is 0.302 e. The molecule has 4 rings (SSSR count). The van der Waals surface area contributed by atoms with Crippen molar-refractivity contribution < 1.29 is 38.1 Å². The van der Waals surface area contributed by atoms with E-state index in [0.29, 0.717) is 13.0 Å². The number of rotatable bonds is 4. The van der Waals surface area contributed by atoms with Gasteiger partial charge in [-0.3, -0.25) is 19.2 Å². The fourth-order valence-electron chi connectivity index (χ4n) is 5.56. The molecule has 0 aromatic carbocycles. The molecule has 8 heteroatoms. The summed E-state index contributed by atoms with van der Waals surface area (Å²) in [5, 5.41) is 0. The second-order valence-corrected chi connectivity index (χ2v) is 9.32. The van der Waals surface area contributed by atoms with Crippen LogP contribution in [0.5, 0.6) is 0 Å². The largest absolute Gasteiger partial charge is 0.465 e. The highest BCUT2D eigenvalue weighted by molar-refractivity contribution is 6.35. The Hall–Kier alpha value is -2.06. The number of allylic oxidation sites excluding steroid dienone is 1. The Labute approximate surface area is 182 Å². The number of epoxide rings is 1. The predicted molar refractivity (Wildman–Crippen MR) is 109 cm³/mol. The summed E-state index contributed by atoms with van der Waals surface area (Å²) in [4.78, 5) is 42.9. The Kier molecular flexibility index (Phi) is 6.19. The zero-order valence-corrected chi connectivity index (χ0v) is 19.1. The number of ketones is 2. The van der Waals surface area contributed by atoms with E-state index < -0.39 is 16.4 Å².